The molecule has 0 saturated carbocycles. The molecule has 5 heteroatoms. The van der Waals surface area contributed by atoms with E-state index >= 15 is 0 Å². The fourth-order valence-corrected chi connectivity index (χ4v) is 2.64. The minimum absolute atomic E-state index is 0.351. The zero-order valence-corrected chi connectivity index (χ0v) is 13.4. The monoisotopic (exact) mass is 355 g/mol. The van der Waals surface area contributed by atoms with Gasteiger partial charge in [-0.05, 0) is 42.9 Å². The molecule has 2 aromatic carbocycles. The lowest BCUT2D eigenvalue weighted by Crippen LogP contribution is -2.23. The summed E-state index contributed by atoms with van der Waals surface area (Å²) in [6, 6.07) is 8.45. The minimum Gasteiger partial charge on any atom is -0.496 e. The summed E-state index contributed by atoms with van der Waals surface area (Å²) in [7, 11) is 1.51. The second-order valence-corrected chi connectivity index (χ2v) is 5.46. The zero-order chi connectivity index (χ0) is 15.4. The Balaban J connectivity index is 2.58. The number of hydrogen-bond acceptors (Lipinski definition) is 2. The summed E-state index contributed by atoms with van der Waals surface area (Å²) in [5.74, 6) is -0.221. The molecule has 0 amide bonds. The van der Waals surface area contributed by atoms with Gasteiger partial charge in [0.25, 0.3) is 0 Å². The third-order valence-corrected chi connectivity index (χ3v) is 3.67. The van der Waals surface area contributed by atoms with Crippen molar-refractivity contribution in [3.8, 4) is 5.75 Å². The third kappa shape index (κ3) is 3.60. The second kappa shape index (κ2) is 7.00. The quantitative estimate of drug-likeness (QED) is 0.856. The van der Waals surface area contributed by atoms with Crippen molar-refractivity contribution >= 4 is 15.9 Å². The zero-order valence-electron chi connectivity index (χ0n) is 11.8. The van der Waals surface area contributed by atoms with Crippen LogP contribution in [-0.2, 0) is 0 Å². The average Bonchev–Trinajstić information content (AvgIpc) is 2.47. The third-order valence-electron chi connectivity index (χ3n) is 3.18. The van der Waals surface area contributed by atoms with Crippen molar-refractivity contribution in [2.45, 2.75) is 13.0 Å². The first-order valence-corrected chi connectivity index (χ1v) is 7.38. The molecule has 0 aliphatic rings. The fraction of sp³-hybridized carbons (Fsp3) is 0.250. The molecular formula is C16H16BrF2NO. The number of rotatable bonds is 5. The van der Waals surface area contributed by atoms with Gasteiger partial charge < -0.3 is 10.1 Å². The van der Waals surface area contributed by atoms with E-state index in [1.807, 2.05) is 6.92 Å². The lowest BCUT2D eigenvalue weighted by molar-refractivity contribution is 0.401. The van der Waals surface area contributed by atoms with E-state index in [2.05, 4.69) is 21.2 Å². The van der Waals surface area contributed by atoms with Crippen molar-refractivity contribution in [3.05, 3.63) is 63.6 Å². The Morgan fingerprint density at radius 3 is 2.57 bits per heavy atom. The number of hydrogen-bond donors (Lipinski definition) is 1. The minimum atomic E-state index is -0.488. The first kappa shape index (κ1) is 15.9. The second-order valence-electron chi connectivity index (χ2n) is 4.54. The predicted molar refractivity (Wildman–Crippen MR) is 82.6 cm³/mol. The first-order valence-electron chi connectivity index (χ1n) is 6.58. The summed E-state index contributed by atoms with van der Waals surface area (Å²) in [5.41, 5.74) is 1.01. The highest BCUT2D eigenvalue weighted by atomic mass is 79.9. The molecule has 1 N–H and O–H groups in total. The van der Waals surface area contributed by atoms with Crippen LogP contribution in [0.5, 0.6) is 5.75 Å². The number of nitrogens with one attached hydrogen (secondary N) is 1. The molecule has 0 radical (unpaired) electrons. The van der Waals surface area contributed by atoms with Gasteiger partial charge in [0.1, 0.15) is 17.4 Å². The van der Waals surface area contributed by atoms with Crippen molar-refractivity contribution < 1.29 is 13.5 Å². The Morgan fingerprint density at radius 1 is 1.14 bits per heavy atom. The van der Waals surface area contributed by atoms with Gasteiger partial charge in [0.15, 0.2) is 0 Å². The molecule has 2 aromatic rings. The van der Waals surface area contributed by atoms with Crippen molar-refractivity contribution in [1.82, 2.24) is 5.32 Å². The molecule has 0 spiro atoms. The van der Waals surface area contributed by atoms with Gasteiger partial charge >= 0.3 is 0 Å². The molecule has 2 nitrogen and oxygen atoms in total. The van der Waals surface area contributed by atoms with Crippen LogP contribution in [0.4, 0.5) is 8.78 Å². The normalized spacial score (nSPS) is 12.2. The van der Waals surface area contributed by atoms with Crippen LogP contribution in [0.3, 0.4) is 0 Å². The van der Waals surface area contributed by atoms with E-state index in [4.69, 9.17) is 4.74 Å². The van der Waals surface area contributed by atoms with Crippen LogP contribution in [0.2, 0.25) is 0 Å². The fourth-order valence-electron chi connectivity index (χ4n) is 2.26. The van der Waals surface area contributed by atoms with Crippen molar-refractivity contribution in [2.24, 2.45) is 0 Å². The molecular weight excluding hydrogens is 340 g/mol. The van der Waals surface area contributed by atoms with E-state index in [9.17, 15) is 8.78 Å². The Labute approximate surface area is 131 Å². The van der Waals surface area contributed by atoms with Crippen molar-refractivity contribution in [3.63, 3.8) is 0 Å². The average molecular weight is 356 g/mol. The molecule has 0 saturated heterocycles. The molecule has 1 atom stereocenters. The van der Waals surface area contributed by atoms with Crippen LogP contribution in [0.15, 0.2) is 40.9 Å². The summed E-state index contributed by atoms with van der Waals surface area (Å²) < 4.78 is 33.8. The summed E-state index contributed by atoms with van der Waals surface area (Å²) in [6.07, 6.45) is 0. The van der Waals surface area contributed by atoms with Crippen LogP contribution in [0.1, 0.15) is 24.1 Å². The van der Waals surface area contributed by atoms with Crippen molar-refractivity contribution in [2.75, 3.05) is 13.7 Å². The van der Waals surface area contributed by atoms with Crippen LogP contribution in [0.25, 0.3) is 0 Å². The van der Waals surface area contributed by atoms with Crippen LogP contribution >= 0.6 is 15.9 Å². The lowest BCUT2D eigenvalue weighted by atomic mass is 9.97. The number of methoxy groups -OCH3 is 1. The molecule has 1 unspecified atom stereocenters. The van der Waals surface area contributed by atoms with Crippen molar-refractivity contribution in [1.29, 1.82) is 0 Å². The van der Waals surface area contributed by atoms with E-state index in [1.165, 1.54) is 25.3 Å². The molecule has 21 heavy (non-hydrogen) atoms. The van der Waals surface area contributed by atoms with Gasteiger partial charge in [0.05, 0.1) is 13.2 Å². The molecule has 2 rings (SSSR count). The molecule has 0 bridgehead atoms. The lowest BCUT2D eigenvalue weighted by Gasteiger charge is -2.22. The topological polar surface area (TPSA) is 21.3 Å². The highest BCUT2D eigenvalue weighted by Gasteiger charge is 2.21. The highest BCUT2D eigenvalue weighted by Crippen LogP contribution is 2.33. The number of ether oxygens (including phenoxy) is 1. The maximum absolute atomic E-state index is 14.2. The molecule has 0 fully saturated rings. The van der Waals surface area contributed by atoms with Gasteiger partial charge in [-0.2, -0.15) is 0 Å². The Bertz CT molecular complexity index is 634. The van der Waals surface area contributed by atoms with Gasteiger partial charge in [-0.15, -0.1) is 0 Å². The number of halogens is 3. The van der Waals surface area contributed by atoms with Gasteiger partial charge in [0, 0.05) is 15.6 Å². The van der Waals surface area contributed by atoms with Gasteiger partial charge in [-0.25, -0.2) is 8.78 Å². The molecule has 112 valence electrons. The predicted octanol–water partition coefficient (Wildman–Crippen LogP) is 4.43. The maximum Gasteiger partial charge on any atom is 0.128 e. The highest BCUT2D eigenvalue weighted by molar-refractivity contribution is 9.10. The molecule has 0 aromatic heterocycles. The van der Waals surface area contributed by atoms with E-state index in [1.54, 1.807) is 18.2 Å². The largest absolute Gasteiger partial charge is 0.496 e. The van der Waals surface area contributed by atoms with E-state index < -0.39 is 6.04 Å². The van der Waals surface area contributed by atoms with Crippen LogP contribution in [-0.4, -0.2) is 13.7 Å². The summed E-state index contributed by atoms with van der Waals surface area (Å²) in [6.45, 7) is 2.52. The SMILES string of the molecule is CCNC(c1cc(Br)ccc1F)c1cc(F)ccc1OC. The molecule has 0 aliphatic heterocycles. The van der Waals surface area contributed by atoms with Crippen LogP contribution < -0.4 is 10.1 Å². The molecule has 0 aliphatic carbocycles. The smallest absolute Gasteiger partial charge is 0.128 e. The standard InChI is InChI=1S/C16H16BrF2NO/c1-3-20-16(12-8-10(17)4-6-14(12)19)13-9-11(18)5-7-15(13)21-2/h4-9,16,20H,3H2,1-2H3. The first-order chi connectivity index (χ1) is 10.1. The van der Waals surface area contributed by atoms with Gasteiger partial charge in [0.2, 0.25) is 0 Å². The van der Waals surface area contributed by atoms with E-state index in [0.29, 0.717) is 23.4 Å². The summed E-state index contributed by atoms with van der Waals surface area (Å²) in [5, 5.41) is 3.18. The summed E-state index contributed by atoms with van der Waals surface area (Å²) in [4.78, 5) is 0. The Hall–Kier alpha value is -1.46. The molecule has 0 heterocycles. The Morgan fingerprint density at radius 2 is 1.90 bits per heavy atom. The van der Waals surface area contributed by atoms with Gasteiger partial charge in [-0.1, -0.05) is 22.9 Å². The van der Waals surface area contributed by atoms with Gasteiger partial charge in [-0.3, -0.25) is 0 Å². The Kier molecular flexibility index (Phi) is 5.31. The summed E-state index contributed by atoms with van der Waals surface area (Å²) >= 11 is 3.34. The maximum atomic E-state index is 14.2. The number of benzene rings is 2. The van der Waals surface area contributed by atoms with E-state index in [-0.39, 0.29) is 11.6 Å². The van der Waals surface area contributed by atoms with E-state index in [0.717, 1.165) is 4.47 Å². The van der Waals surface area contributed by atoms with Crippen LogP contribution in [0, 0.1) is 11.6 Å².